The topological polar surface area (TPSA) is 35.2 Å². The maximum Gasteiger partial charge on any atom is 0.416 e. The predicted octanol–water partition coefficient (Wildman–Crippen LogP) is 4.55. The molecule has 112 valence electrons. The number of halogens is 3. The van der Waals surface area contributed by atoms with E-state index in [1.807, 2.05) is 30.3 Å². The Morgan fingerprint density at radius 1 is 1.05 bits per heavy atom. The molecule has 0 heterocycles. The van der Waals surface area contributed by atoms with Crippen molar-refractivity contribution in [3.63, 3.8) is 0 Å². The largest absolute Gasteiger partial charge is 0.416 e. The van der Waals surface area contributed by atoms with Crippen LogP contribution in [0.3, 0.4) is 0 Å². The van der Waals surface area contributed by atoms with E-state index in [4.69, 9.17) is 10.5 Å². The Hall–Kier alpha value is -1.66. The van der Waals surface area contributed by atoms with Crippen LogP contribution in [0.15, 0.2) is 53.4 Å². The van der Waals surface area contributed by atoms with Crippen molar-refractivity contribution >= 4 is 17.4 Å². The summed E-state index contributed by atoms with van der Waals surface area (Å²) in [5.41, 5.74) is 6.04. The van der Waals surface area contributed by atoms with Crippen molar-refractivity contribution < 1.29 is 17.9 Å². The normalized spacial score (nSPS) is 11.6. The third-order valence-corrected chi connectivity index (χ3v) is 3.71. The van der Waals surface area contributed by atoms with Crippen LogP contribution in [-0.4, -0.2) is 5.94 Å². The average molecular weight is 313 g/mol. The number of thioether (sulfide) groups is 1. The van der Waals surface area contributed by atoms with Crippen LogP contribution in [0.5, 0.6) is 0 Å². The van der Waals surface area contributed by atoms with Gasteiger partial charge in [0.05, 0.1) is 18.1 Å². The summed E-state index contributed by atoms with van der Waals surface area (Å²) in [5.74, 6) is 0.324. The highest BCUT2D eigenvalue weighted by Gasteiger charge is 2.30. The molecule has 0 atom stereocenters. The van der Waals surface area contributed by atoms with Gasteiger partial charge in [0.2, 0.25) is 0 Å². The van der Waals surface area contributed by atoms with Crippen LogP contribution < -0.4 is 5.73 Å². The summed E-state index contributed by atoms with van der Waals surface area (Å²) >= 11 is 1.27. The quantitative estimate of drug-likeness (QED) is 0.380. The molecule has 0 fully saturated rings. The number of hydrogen-bond donors (Lipinski definition) is 1. The SMILES string of the molecule is Nc1cc(C(F)(F)F)ccc1SCOCc1ccccc1. The number of nitrogen functional groups attached to an aromatic ring is 1. The third kappa shape index (κ3) is 4.68. The van der Waals surface area contributed by atoms with Crippen molar-refractivity contribution in [3.8, 4) is 0 Å². The fourth-order valence-electron chi connectivity index (χ4n) is 1.70. The third-order valence-electron chi connectivity index (χ3n) is 2.75. The van der Waals surface area contributed by atoms with Gasteiger partial charge in [-0.2, -0.15) is 13.2 Å². The predicted molar refractivity (Wildman–Crippen MR) is 77.8 cm³/mol. The summed E-state index contributed by atoms with van der Waals surface area (Å²) in [7, 11) is 0. The molecule has 21 heavy (non-hydrogen) atoms. The summed E-state index contributed by atoms with van der Waals surface area (Å²) in [5, 5.41) is 0. The highest BCUT2D eigenvalue weighted by atomic mass is 32.2. The van der Waals surface area contributed by atoms with Gasteiger partial charge >= 0.3 is 6.18 Å². The molecule has 0 unspecified atom stereocenters. The molecule has 0 aliphatic rings. The van der Waals surface area contributed by atoms with Gasteiger partial charge in [0.25, 0.3) is 0 Å². The second-order valence-electron chi connectivity index (χ2n) is 4.35. The Morgan fingerprint density at radius 2 is 1.76 bits per heavy atom. The van der Waals surface area contributed by atoms with Crippen molar-refractivity contribution in [3.05, 3.63) is 59.7 Å². The maximum absolute atomic E-state index is 12.5. The molecular formula is C15H14F3NOS. The molecule has 2 N–H and O–H groups in total. The second kappa shape index (κ2) is 6.87. The Balaban J connectivity index is 1.86. The number of anilines is 1. The summed E-state index contributed by atoms with van der Waals surface area (Å²) in [6, 6.07) is 13.0. The van der Waals surface area contributed by atoms with Crippen molar-refractivity contribution in [1.82, 2.24) is 0 Å². The molecule has 2 aromatic carbocycles. The Bertz CT molecular complexity index is 587. The van der Waals surface area contributed by atoms with Crippen LogP contribution >= 0.6 is 11.8 Å². The first-order chi connectivity index (χ1) is 9.97. The van der Waals surface area contributed by atoms with Gasteiger partial charge in [-0.3, -0.25) is 0 Å². The number of hydrogen-bond acceptors (Lipinski definition) is 3. The summed E-state index contributed by atoms with van der Waals surface area (Å²) in [6.07, 6.45) is -4.37. The van der Waals surface area contributed by atoms with Crippen LogP contribution in [0.1, 0.15) is 11.1 Å². The van der Waals surface area contributed by atoms with E-state index in [-0.39, 0.29) is 5.69 Å². The fraction of sp³-hybridized carbons (Fsp3) is 0.200. The van der Waals surface area contributed by atoms with Gasteiger partial charge in [-0.1, -0.05) is 42.1 Å². The molecule has 0 saturated carbocycles. The minimum Gasteiger partial charge on any atom is -0.398 e. The van der Waals surface area contributed by atoms with E-state index in [2.05, 4.69) is 0 Å². The molecule has 0 aromatic heterocycles. The maximum atomic E-state index is 12.5. The standard InChI is InChI=1S/C15H14F3NOS/c16-15(17,18)12-6-7-14(13(19)8-12)21-10-20-9-11-4-2-1-3-5-11/h1-8H,9-10,19H2. The first kappa shape index (κ1) is 15.7. The molecular weight excluding hydrogens is 299 g/mol. The monoisotopic (exact) mass is 313 g/mol. The summed E-state index contributed by atoms with van der Waals surface area (Å²) in [6.45, 7) is 0.453. The highest BCUT2D eigenvalue weighted by Crippen LogP contribution is 2.34. The Kier molecular flexibility index (Phi) is 5.14. The lowest BCUT2D eigenvalue weighted by molar-refractivity contribution is -0.137. The molecule has 2 aromatic rings. The molecule has 2 rings (SSSR count). The number of nitrogens with two attached hydrogens (primary N) is 1. The van der Waals surface area contributed by atoms with Gasteiger partial charge in [0.1, 0.15) is 0 Å². The molecule has 0 saturated heterocycles. The van der Waals surface area contributed by atoms with Crippen LogP contribution in [0, 0.1) is 0 Å². The molecule has 0 amide bonds. The van der Waals surface area contributed by atoms with E-state index in [9.17, 15) is 13.2 Å². The van der Waals surface area contributed by atoms with Crippen molar-refractivity contribution in [1.29, 1.82) is 0 Å². The van der Waals surface area contributed by atoms with E-state index in [0.29, 0.717) is 17.4 Å². The van der Waals surface area contributed by atoms with Gasteiger partial charge in [-0.25, -0.2) is 0 Å². The number of alkyl halides is 3. The molecule has 2 nitrogen and oxygen atoms in total. The Labute approximate surface area is 125 Å². The number of benzene rings is 2. The van der Waals surface area contributed by atoms with E-state index < -0.39 is 11.7 Å². The van der Waals surface area contributed by atoms with Gasteiger partial charge in [0.15, 0.2) is 0 Å². The Morgan fingerprint density at radius 3 is 2.38 bits per heavy atom. The van der Waals surface area contributed by atoms with Crippen molar-refractivity contribution in [2.24, 2.45) is 0 Å². The average Bonchev–Trinajstić information content (AvgIpc) is 2.45. The van der Waals surface area contributed by atoms with Gasteiger partial charge in [-0.05, 0) is 23.8 Å². The van der Waals surface area contributed by atoms with Crippen LogP contribution in [0.2, 0.25) is 0 Å². The van der Waals surface area contributed by atoms with E-state index in [1.165, 1.54) is 17.8 Å². The highest BCUT2D eigenvalue weighted by molar-refractivity contribution is 7.99. The lowest BCUT2D eigenvalue weighted by Crippen LogP contribution is -2.06. The van der Waals surface area contributed by atoms with Crippen molar-refractivity contribution in [2.45, 2.75) is 17.7 Å². The zero-order valence-corrected chi connectivity index (χ0v) is 11.9. The first-order valence-electron chi connectivity index (χ1n) is 6.18. The minimum absolute atomic E-state index is 0.109. The molecule has 0 aliphatic heterocycles. The smallest absolute Gasteiger partial charge is 0.398 e. The van der Waals surface area contributed by atoms with E-state index in [0.717, 1.165) is 17.7 Å². The van der Waals surface area contributed by atoms with Gasteiger partial charge < -0.3 is 10.5 Å². The molecule has 0 radical (unpaired) electrons. The molecule has 0 aliphatic carbocycles. The van der Waals surface area contributed by atoms with Crippen LogP contribution in [0.25, 0.3) is 0 Å². The zero-order chi connectivity index (χ0) is 15.3. The lowest BCUT2D eigenvalue weighted by atomic mass is 10.2. The summed E-state index contributed by atoms with van der Waals surface area (Å²) < 4.78 is 43.0. The van der Waals surface area contributed by atoms with Crippen LogP contribution in [-0.2, 0) is 17.5 Å². The summed E-state index contributed by atoms with van der Waals surface area (Å²) in [4.78, 5) is 0.580. The first-order valence-corrected chi connectivity index (χ1v) is 7.16. The van der Waals surface area contributed by atoms with Gasteiger partial charge in [0, 0.05) is 10.6 Å². The minimum atomic E-state index is -4.37. The second-order valence-corrected chi connectivity index (χ2v) is 5.31. The number of ether oxygens (including phenoxy) is 1. The fourth-order valence-corrected chi connectivity index (χ4v) is 2.38. The van der Waals surface area contributed by atoms with Crippen molar-refractivity contribution in [2.75, 3.05) is 11.7 Å². The number of rotatable bonds is 5. The van der Waals surface area contributed by atoms with Crippen LogP contribution in [0.4, 0.5) is 18.9 Å². The van der Waals surface area contributed by atoms with E-state index >= 15 is 0 Å². The molecule has 0 bridgehead atoms. The van der Waals surface area contributed by atoms with Gasteiger partial charge in [-0.15, -0.1) is 0 Å². The molecule has 6 heteroatoms. The zero-order valence-electron chi connectivity index (χ0n) is 11.1. The molecule has 0 spiro atoms. The van der Waals surface area contributed by atoms with E-state index in [1.54, 1.807) is 0 Å². The lowest BCUT2D eigenvalue weighted by Gasteiger charge is -2.10.